The SMILES string of the molecule is CCCCc1cc(N(c2ccccc2)c2ccc(-c3c4ccccc4cc4ccccc34)cc2)c2ccc3c(CCCC)cc(N(c4ccccc4)c4ccc(-c5c6ccccc6cc6ccccc56)cc4)c4ccc1c2c34. The van der Waals surface area contributed by atoms with Gasteiger partial charge in [0.2, 0.25) is 0 Å². The van der Waals surface area contributed by atoms with Gasteiger partial charge in [0.25, 0.3) is 0 Å². The molecular formula is C76H60N2. The van der Waals surface area contributed by atoms with Gasteiger partial charge in [0.05, 0.1) is 11.4 Å². The van der Waals surface area contributed by atoms with Crippen LogP contribution in [-0.4, -0.2) is 0 Å². The lowest BCUT2D eigenvalue weighted by Gasteiger charge is -2.31. The predicted octanol–water partition coefficient (Wildman–Crippen LogP) is 22.2. The molecule has 0 saturated carbocycles. The normalized spacial score (nSPS) is 11.8. The lowest BCUT2D eigenvalue weighted by Crippen LogP contribution is -2.12. The van der Waals surface area contributed by atoms with Crippen molar-refractivity contribution in [3.63, 3.8) is 0 Å². The lowest BCUT2D eigenvalue weighted by atomic mass is 9.86. The van der Waals surface area contributed by atoms with Crippen molar-refractivity contribution in [2.45, 2.75) is 52.4 Å². The zero-order valence-electron chi connectivity index (χ0n) is 44.4. The van der Waals surface area contributed by atoms with Gasteiger partial charge in [-0.2, -0.15) is 0 Å². The molecule has 0 aliphatic rings. The van der Waals surface area contributed by atoms with Crippen LogP contribution in [0.5, 0.6) is 0 Å². The minimum atomic E-state index is 0.997. The molecule has 0 atom stereocenters. The summed E-state index contributed by atoms with van der Waals surface area (Å²) >= 11 is 0. The van der Waals surface area contributed by atoms with Gasteiger partial charge in [-0.15, -0.1) is 0 Å². The third-order valence-electron chi connectivity index (χ3n) is 16.5. The number of fused-ring (bicyclic) bond motifs is 4. The van der Waals surface area contributed by atoms with Crippen LogP contribution < -0.4 is 9.80 Å². The second-order valence-corrected chi connectivity index (χ2v) is 21.2. The van der Waals surface area contributed by atoms with Crippen molar-refractivity contribution in [3.05, 3.63) is 266 Å². The highest BCUT2D eigenvalue weighted by molar-refractivity contribution is 6.29. The highest BCUT2D eigenvalue weighted by Crippen LogP contribution is 2.51. The molecule has 0 fully saturated rings. The Labute approximate surface area is 457 Å². The number of hydrogen-bond acceptors (Lipinski definition) is 2. The predicted molar refractivity (Wildman–Crippen MR) is 338 cm³/mol. The largest absolute Gasteiger partial charge is 0.310 e. The van der Waals surface area contributed by atoms with Crippen LogP contribution in [-0.2, 0) is 12.8 Å². The molecule has 0 saturated heterocycles. The van der Waals surface area contributed by atoms with Crippen LogP contribution >= 0.6 is 0 Å². The first-order valence-electron chi connectivity index (χ1n) is 28.1. The molecule has 0 aromatic heterocycles. The van der Waals surface area contributed by atoms with Crippen molar-refractivity contribution in [1.82, 2.24) is 0 Å². The molecule has 2 heteroatoms. The molecule has 14 rings (SSSR count). The zero-order chi connectivity index (χ0) is 52.1. The molecule has 0 spiro atoms. The average molecular weight is 1000 g/mol. The van der Waals surface area contributed by atoms with E-state index in [0.29, 0.717) is 0 Å². The van der Waals surface area contributed by atoms with Crippen LogP contribution in [0.4, 0.5) is 34.1 Å². The molecular weight excluding hydrogens is 941 g/mol. The highest BCUT2D eigenvalue weighted by atomic mass is 15.1. The monoisotopic (exact) mass is 1000 g/mol. The molecule has 0 amide bonds. The molecule has 0 heterocycles. The Balaban J connectivity index is 0.985. The van der Waals surface area contributed by atoms with Crippen molar-refractivity contribution < 1.29 is 0 Å². The summed E-state index contributed by atoms with van der Waals surface area (Å²) in [7, 11) is 0. The molecule has 0 aliphatic heterocycles. The van der Waals surface area contributed by atoms with Crippen LogP contribution in [0.1, 0.15) is 50.7 Å². The summed E-state index contributed by atoms with van der Waals surface area (Å²) in [5.74, 6) is 0. The Bertz CT molecular complexity index is 4100. The first-order valence-corrected chi connectivity index (χ1v) is 28.1. The molecule has 14 aromatic rings. The van der Waals surface area contributed by atoms with E-state index in [9.17, 15) is 0 Å². The molecule has 78 heavy (non-hydrogen) atoms. The van der Waals surface area contributed by atoms with E-state index in [4.69, 9.17) is 0 Å². The molecule has 0 bridgehead atoms. The molecule has 0 N–H and O–H groups in total. The van der Waals surface area contributed by atoms with Crippen LogP contribution in [0.15, 0.2) is 255 Å². The van der Waals surface area contributed by atoms with Gasteiger partial charge in [-0.1, -0.05) is 209 Å². The number of benzene rings is 14. The smallest absolute Gasteiger partial charge is 0.0543 e. The quantitative estimate of drug-likeness (QED) is 0.0791. The first kappa shape index (κ1) is 47.2. The van der Waals surface area contributed by atoms with E-state index in [1.807, 2.05) is 0 Å². The third-order valence-corrected chi connectivity index (χ3v) is 16.5. The van der Waals surface area contributed by atoms with Gasteiger partial charge in [-0.05, 0) is 196 Å². The third kappa shape index (κ3) is 8.10. The summed E-state index contributed by atoms with van der Waals surface area (Å²) in [6.07, 6.45) is 6.46. The van der Waals surface area contributed by atoms with Crippen molar-refractivity contribution in [3.8, 4) is 22.3 Å². The van der Waals surface area contributed by atoms with Gasteiger partial charge in [-0.25, -0.2) is 0 Å². The molecule has 0 unspecified atom stereocenters. The van der Waals surface area contributed by atoms with Gasteiger partial charge < -0.3 is 9.80 Å². The highest BCUT2D eigenvalue weighted by Gasteiger charge is 2.25. The maximum absolute atomic E-state index is 2.52. The van der Waals surface area contributed by atoms with E-state index in [2.05, 4.69) is 278 Å². The Morgan fingerprint density at radius 3 is 0.923 bits per heavy atom. The number of hydrogen-bond donors (Lipinski definition) is 0. The Hall–Kier alpha value is -9.24. The maximum atomic E-state index is 2.52. The topological polar surface area (TPSA) is 6.48 Å². The van der Waals surface area contributed by atoms with E-state index in [1.54, 1.807) is 0 Å². The standard InChI is InChI=1S/C76H60N2/c1-3-5-21-57-49-71(77(59-27-9-7-10-28-59)61-39-35-51(36-40-61)73-63-31-17-13-23-53(63)47-54-24-14-18-32-64(54)73)69-46-44-68-58(22-6-4-2)50-72(70-45-43-67(57)75(69)76(68)70)78(60-29-11-8-12-30-60)62-41-37-52(38-42-62)74-65-33-19-15-25-55(65)48-56-26-16-20-34-66(56)74/h7-20,23-50H,3-6,21-22H2,1-2H3. The molecule has 2 nitrogen and oxygen atoms in total. The lowest BCUT2D eigenvalue weighted by molar-refractivity contribution is 0.799. The minimum Gasteiger partial charge on any atom is -0.310 e. The molecule has 0 radical (unpaired) electrons. The first-order chi connectivity index (χ1) is 38.6. The number of rotatable bonds is 14. The van der Waals surface area contributed by atoms with Crippen LogP contribution in [0.3, 0.4) is 0 Å². The number of aryl methyl sites for hydroxylation is 2. The van der Waals surface area contributed by atoms with Crippen molar-refractivity contribution in [2.24, 2.45) is 0 Å². The van der Waals surface area contributed by atoms with Gasteiger partial charge >= 0.3 is 0 Å². The average Bonchev–Trinajstić information content (AvgIpc) is 3.51. The van der Waals surface area contributed by atoms with E-state index in [0.717, 1.165) is 61.3 Å². The van der Waals surface area contributed by atoms with Crippen molar-refractivity contribution in [1.29, 1.82) is 0 Å². The second-order valence-electron chi connectivity index (χ2n) is 21.2. The van der Waals surface area contributed by atoms with Gasteiger partial charge in [0.15, 0.2) is 0 Å². The number of anilines is 6. The Morgan fingerprint density at radius 1 is 0.269 bits per heavy atom. The minimum absolute atomic E-state index is 0.997. The van der Waals surface area contributed by atoms with Crippen molar-refractivity contribution in [2.75, 3.05) is 9.80 Å². The molecule has 374 valence electrons. The van der Waals surface area contributed by atoms with Gasteiger partial charge in [-0.3, -0.25) is 0 Å². The van der Waals surface area contributed by atoms with Crippen LogP contribution in [0, 0.1) is 0 Å². The zero-order valence-corrected chi connectivity index (χ0v) is 44.4. The number of unbranched alkanes of at least 4 members (excludes halogenated alkanes) is 2. The fourth-order valence-electron chi connectivity index (χ4n) is 12.8. The summed E-state index contributed by atoms with van der Waals surface area (Å²) in [4.78, 5) is 5.03. The fourth-order valence-corrected chi connectivity index (χ4v) is 12.8. The molecule has 14 aromatic carbocycles. The van der Waals surface area contributed by atoms with Crippen molar-refractivity contribution >= 4 is 110 Å². The van der Waals surface area contributed by atoms with Crippen LogP contribution in [0.25, 0.3) is 97.7 Å². The summed E-state index contributed by atoms with van der Waals surface area (Å²) in [5.41, 5.74) is 14.7. The van der Waals surface area contributed by atoms with E-state index < -0.39 is 0 Å². The summed E-state index contributed by atoms with van der Waals surface area (Å²) in [6, 6.07) is 95.5. The summed E-state index contributed by atoms with van der Waals surface area (Å²) in [6.45, 7) is 4.63. The number of nitrogens with zero attached hydrogens (tertiary/aromatic N) is 2. The Morgan fingerprint density at radius 2 is 0.577 bits per heavy atom. The Kier molecular flexibility index (Phi) is 12.1. The van der Waals surface area contributed by atoms with Gasteiger partial charge in [0.1, 0.15) is 0 Å². The second kappa shape index (κ2) is 20.0. The molecule has 0 aliphatic carbocycles. The summed E-state index contributed by atoms with van der Waals surface area (Å²) in [5, 5.41) is 18.0. The van der Waals surface area contributed by atoms with Crippen LogP contribution in [0.2, 0.25) is 0 Å². The number of para-hydroxylation sites is 2. The van der Waals surface area contributed by atoms with Gasteiger partial charge in [0, 0.05) is 33.5 Å². The summed E-state index contributed by atoms with van der Waals surface area (Å²) < 4.78 is 0. The fraction of sp³-hybridized carbons (Fsp3) is 0.105. The van der Waals surface area contributed by atoms with E-state index in [-0.39, 0.29) is 0 Å². The maximum Gasteiger partial charge on any atom is 0.0543 e. The van der Waals surface area contributed by atoms with E-state index >= 15 is 0 Å². The van der Waals surface area contributed by atoms with E-state index in [1.165, 1.54) is 120 Å².